The molecule has 10 nitrogen and oxygen atoms in total. The molecule has 1 aliphatic rings. The summed E-state index contributed by atoms with van der Waals surface area (Å²) in [6.07, 6.45) is 3.12. The molecule has 1 unspecified atom stereocenters. The van der Waals surface area contributed by atoms with Crippen LogP contribution in [0.25, 0.3) is 0 Å². The molecule has 26 heavy (non-hydrogen) atoms. The third-order valence-corrected chi connectivity index (χ3v) is 4.98. The Labute approximate surface area is 151 Å². The number of hydrogen-bond donors (Lipinski definition) is 3. The number of ketones is 1. The summed E-state index contributed by atoms with van der Waals surface area (Å²) in [7, 11) is -3.33. The zero-order valence-electron chi connectivity index (χ0n) is 14.9. The van der Waals surface area contributed by atoms with Crippen molar-refractivity contribution < 1.29 is 13.2 Å². The van der Waals surface area contributed by atoms with Crippen LogP contribution in [-0.2, 0) is 16.6 Å². The number of rotatable bonds is 7. The average Bonchev–Trinajstić information content (AvgIpc) is 2.49. The van der Waals surface area contributed by atoms with E-state index >= 15 is 0 Å². The Morgan fingerprint density at radius 1 is 1.38 bits per heavy atom. The number of nitrogens with two attached hydrogens (primary N) is 1. The molecule has 2 rings (SSSR count). The van der Waals surface area contributed by atoms with Gasteiger partial charge in [0.1, 0.15) is 11.4 Å². The summed E-state index contributed by atoms with van der Waals surface area (Å²) in [5.41, 5.74) is 4.24. The first kappa shape index (κ1) is 20.3. The highest BCUT2D eigenvalue weighted by Crippen LogP contribution is 2.13. The van der Waals surface area contributed by atoms with Crippen molar-refractivity contribution in [2.24, 2.45) is 0 Å². The molecular weight excluding hydrogens is 362 g/mol. The van der Waals surface area contributed by atoms with Gasteiger partial charge in [0.25, 0.3) is 5.56 Å². The highest BCUT2D eigenvalue weighted by atomic mass is 32.2. The molecule has 1 fully saturated rings. The molecule has 0 amide bonds. The minimum Gasteiger partial charge on any atom is -0.384 e. The van der Waals surface area contributed by atoms with Crippen LogP contribution in [0, 0.1) is 0 Å². The van der Waals surface area contributed by atoms with Gasteiger partial charge in [0.05, 0.1) is 12.8 Å². The van der Waals surface area contributed by atoms with Crippen LogP contribution < -0.4 is 21.7 Å². The molecule has 11 heteroatoms. The standard InChI is InChI=1S/C15H25N5O5S/c1-3-6-20-13(16)12(14(22)17-15(20)23)11(21)9-19-7-4-5-10(8-19)18-26(2,24)25/h10,18H,3-9,16H2,1-2H3,(H,17,22,23). The first-order chi connectivity index (χ1) is 12.1. The van der Waals surface area contributed by atoms with Gasteiger partial charge in [0.15, 0.2) is 5.78 Å². The van der Waals surface area contributed by atoms with Crippen LogP contribution in [0.2, 0.25) is 0 Å². The number of anilines is 1. The molecule has 1 aromatic heterocycles. The number of nitrogen functional groups attached to an aromatic ring is 1. The van der Waals surface area contributed by atoms with E-state index < -0.39 is 27.1 Å². The van der Waals surface area contributed by atoms with Crippen LogP contribution in [-0.4, -0.2) is 60.6 Å². The molecular formula is C15H25N5O5S. The number of sulfonamides is 1. The molecule has 0 aliphatic carbocycles. The fraction of sp³-hybridized carbons (Fsp3) is 0.667. The van der Waals surface area contributed by atoms with Crippen molar-refractivity contribution in [3.63, 3.8) is 0 Å². The Hall–Kier alpha value is -1.98. The molecule has 1 atom stereocenters. The monoisotopic (exact) mass is 387 g/mol. The molecule has 2 heterocycles. The summed E-state index contributed by atoms with van der Waals surface area (Å²) < 4.78 is 26.5. The molecule has 4 N–H and O–H groups in total. The summed E-state index contributed by atoms with van der Waals surface area (Å²) in [4.78, 5) is 40.4. The quantitative estimate of drug-likeness (QED) is 0.494. The number of piperidine rings is 1. The Balaban J connectivity index is 2.18. The Kier molecular flexibility index (Phi) is 6.37. The number of nitrogens with zero attached hydrogens (tertiary/aromatic N) is 2. The van der Waals surface area contributed by atoms with Gasteiger partial charge in [-0.1, -0.05) is 6.92 Å². The number of carbonyl (C=O) groups is 1. The maximum Gasteiger partial charge on any atom is 0.329 e. The lowest BCUT2D eigenvalue weighted by atomic mass is 10.1. The van der Waals surface area contributed by atoms with Gasteiger partial charge >= 0.3 is 5.69 Å². The maximum absolute atomic E-state index is 12.6. The van der Waals surface area contributed by atoms with Crippen LogP contribution in [0.15, 0.2) is 9.59 Å². The molecule has 0 radical (unpaired) electrons. The number of nitrogens with one attached hydrogen (secondary N) is 2. The van der Waals surface area contributed by atoms with E-state index in [1.54, 1.807) is 4.90 Å². The number of Topliss-reactive ketones (excluding diaryl/α,β-unsaturated/α-hetero) is 1. The average molecular weight is 387 g/mol. The predicted molar refractivity (Wildman–Crippen MR) is 97.8 cm³/mol. The number of hydrogen-bond acceptors (Lipinski definition) is 7. The molecule has 1 saturated heterocycles. The van der Waals surface area contributed by atoms with E-state index in [9.17, 15) is 22.8 Å². The second-order valence-electron chi connectivity index (χ2n) is 6.56. The number of carbonyl (C=O) groups excluding carboxylic acids is 1. The van der Waals surface area contributed by atoms with Gasteiger partial charge in [-0.3, -0.25) is 24.0 Å². The van der Waals surface area contributed by atoms with Crippen molar-refractivity contribution in [2.45, 2.75) is 38.8 Å². The van der Waals surface area contributed by atoms with Crippen LogP contribution >= 0.6 is 0 Å². The van der Waals surface area contributed by atoms with Gasteiger partial charge in [-0.15, -0.1) is 0 Å². The van der Waals surface area contributed by atoms with Crippen molar-refractivity contribution in [2.75, 3.05) is 31.6 Å². The van der Waals surface area contributed by atoms with Crippen LogP contribution in [0.3, 0.4) is 0 Å². The molecule has 0 aromatic carbocycles. The minimum atomic E-state index is -3.33. The lowest BCUT2D eigenvalue weighted by Crippen LogP contribution is -2.49. The second kappa shape index (κ2) is 8.14. The molecule has 146 valence electrons. The van der Waals surface area contributed by atoms with Crippen LogP contribution in [0.1, 0.15) is 36.5 Å². The highest BCUT2D eigenvalue weighted by Gasteiger charge is 2.26. The van der Waals surface area contributed by atoms with Crippen molar-refractivity contribution in [3.8, 4) is 0 Å². The summed E-state index contributed by atoms with van der Waals surface area (Å²) in [5.74, 6) is -0.623. The molecule has 0 saturated carbocycles. The van der Waals surface area contributed by atoms with Gasteiger partial charge in [-0.05, 0) is 25.8 Å². The number of aromatic amines is 1. The molecule has 0 spiro atoms. The van der Waals surface area contributed by atoms with Gasteiger partial charge in [-0.2, -0.15) is 0 Å². The highest BCUT2D eigenvalue weighted by molar-refractivity contribution is 7.88. The van der Waals surface area contributed by atoms with E-state index in [4.69, 9.17) is 5.73 Å². The minimum absolute atomic E-state index is 0.0699. The third kappa shape index (κ3) is 5.02. The summed E-state index contributed by atoms with van der Waals surface area (Å²) in [6, 6.07) is -0.281. The van der Waals surface area contributed by atoms with Gasteiger partial charge in [0.2, 0.25) is 10.0 Å². The van der Waals surface area contributed by atoms with Crippen molar-refractivity contribution in [1.82, 2.24) is 19.2 Å². The maximum atomic E-state index is 12.6. The number of likely N-dealkylation sites (tertiary alicyclic amines) is 1. The van der Waals surface area contributed by atoms with Crippen molar-refractivity contribution in [3.05, 3.63) is 26.4 Å². The molecule has 1 aromatic rings. The summed E-state index contributed by atoms with van der Waals surface area (Å²) >= 11 is 0. The van der Waals surface area contributed by atoms with E-state index in [0.29, 0.717) is 32.5 Å². The van der Waals surface area contributed by atoms with E-state index in [1.807, 2.05) is 6.92 Å². The fourth-order valence-electron chi connectivity index (χ4n) is 3.18. The number of H-pyrrole nitrogens is 1. The predicted octanol–water partition coefficient (Wildman–Crippen LogP) is -1.27. The van der Waals surface area contributed by atoms with E-state index in [1.165, 1.54) is 4.57 Å². The normalized spacial score (nSPS) is 18.8. The van der Waals surface area contributed by atoms with E-state index in [2.05, 4.69) is 9.71 Å². The van der Waals surface area contributed by atoms with Crippen LogP contribution in [0.5, 0.6) is 0 Å². The van der Waals surface area contributed by atoms with Crippen molar-refractivity contribution >= 4 is 21.6 Å². The molecule has 1 aliphatic heterocycles. The fourth-order valence-corrected chi connectivity index (χ4v) is 3.98. The Morgan fingerprint density at radius 2 is 2.08 bits per heavy atom. The lowest BCUT2D eigenvalue weighted by molar-refractivity contribution is 0.0904. The van der Waals surface area contributed by atoms with Crippen LogP contribution in [0.4, 0.5) is 5.82 Å². The largest absolute Gasteiger partial charge is 0.384 e. The zero-order valence-corrected chi connectivity index (χ0v) is 15.8. The van der Waals surface area contributed by atoms with Crippen molar-refractivity contribution in [1.29, 1.82) is 0 Å². The third-order valence-electron chi connectivity index (χ3n) is 4.22. The Bertz CT molecular complexity index is 889. The number of aromatic nitrogens is 2. The van der Waals surface area contributed by atoms with E-state index in [-0.39, 0.29) is 24.0 Å². The van der Waals surface area contributed by atoms with Gasteiger partial charge in [-0.25, -0.2) is 17.9 Å². The van der Waals surface area contributed by atoms with Gasteiger partial charge < -0.3 is 5.73 Å². The first-order valence-corrected chi connectivity index (χ1v) is 10.4. The zero-order chi connectivity index (χ0) is 19.5. The SMILES string of the molecule is CCCn1c(N)c(C(=O)CN2CCCC(NS(C)(=O)=O)C2)c(=O)[nH]c1=O. The van der Waals surface area contributed by atoms with E-state index in [0.717, 1.165) is 12.7 Å². The molecule has 0 bridgehead atoms. The lowest BCUT2D eigenvalue weighted by Gasteiger charge is -2.32. The topological polar surface area (TPSA) is 147 Å². The second-order valence-corrected chi connectivity index (χ2v) is 8.34. The smallest absolute Gasteiger partial charge is 0.329 e. The Morgan fingerprint density at radius 3 is 2.69 bits per heavy atom. The summed E-state index contributed by atoms with van der Waals surface area (Å²) in [6.45, 7) is 3.05. The first-order valence-electron chi connectivity index (χ1n) is 8.47. The van der Waals surface area contributed by atoms with Gasteiger partial charge in [0, 0.05) is 19.1 Å². The summed E-state index contributed by atoms with van der Waals surface area (Å²) in [5, 5.41) is 0.